The topological polar surface area (TPSA) is 38.3 Å². The second kappa shape index (κ2) is 6.67. The molecule has 3 nitrogen and oxygen atoms in total. The second-order valence-corrected chi connectivity index (χ2v) is 3.35. The van der Waals surface area contributed by atoms with Crippen LogP contribution in [0.1, 0.15) is 24.9 Å². The lowest BCUT2D eigenvalue weighted by Gasteiger charge is -2.17. The fourth-order valence-corrected chi connectivity index (χ4v) is 1.45. The normalized spacial score (nSPS) is 11.6. The smallest absolute Gasteiger partial charge is 0.407 e. The third kappa shape index (κ3) is 3.77. The summed E-state index contributed by atoms with van der Waals surface area (Å²) in [5.41, 5.74) is 1.05. The zero-order valence-electron chi connectivity index (χ0n) is 9.48. The van der Waals surface area contributed by atoms with E-state index in [0.29, 0.717) is 13.0 Å². The van der Waals surface area contributed by atoms with Crippen molar-refractivity contribution < 1.29 is 9.53 Å². The molecule has 16 heavy (non-hydrogen) atoms. The summed E-state index contributed by atoms with van der Waals surface area (Å²) in [5.74, 6) is 0. The molecule has 0 aliphatic rings. The molecule has 86 valence electrons. The Kier molecular flexibility index (Phi) is 5.12. The van der Waals surface area contributed by atoms with E-state index < -0.39 is 6.09 Å². The summed E-state index contributed by atoms with van der Waals surface area (Å²) in [6.45, 7) is 5.85. The highest BCUT2D eigenvalue weighted by molar-refractivity contribution is 5.67. The Morgan fingerprint density at radius 3 is 2.75 bits per heavy atom. The van der Waals surface area contributed by atoms with Crippen molar-refractivity contribution in [2.75, 3.05) is 6.61 Å². The van der Waals surface area contributed by atoms with E-state index in [0.717, 1.165) is 5.56 Å². The van der Waals surface area contributed by atoms with Crippen molar-refractivity contribution in [2.45, 2.75) is 19.4 Å². The molecule has 1 N–H and O–H groups in total. The van der Waals surface area contributed by atoms with Crippen molar-refractivity contribution in [3.63, 3.8) is 0 Å². The Bertz CT molecular complexity index is 335. The van der Waals surface area contributed by atoms with Gasteiger partial charge in [0.15, 0.2) is 0 Å². The minimum absolute atomic E-state index is 0.0715. The summed E-state index contributed by atoms with van der Waals surface area (Å²) in [4.78, 5) is 11.3. The predicted octanol–water partition coefficient (Wildman–Crippen LogP) is 3.05. The Labute approximate surface area is 96.1 Å². The highest BCUT2D eigenvalue weighted by atomic mass is 16.5. The first-order chi connectivity index (χ1) is 7.77. The maximum Gasteiger partial charge on any atom is 0.407 e. The van der Waals surface area contributed by atoms with Gasteiger partial charge in [0.1, 0.15) is 0 Å². The number of hydrogen-bond acceptors (Lipinski definition) is 2. The molecule has 1 unspecified atom stereocenters. The third-order valence-corrected chi connectivity index (χ3v) is 2.17. The van der Waals surface area contributed by atoms with Gasteiger partial charge in [-0.1, -0.05) is 36.4 Å². The number of nitrogens with one attached hydrogen (secondary N) is 1. The van der Waals surface area contributed by atoms with Gasteiger partial charge in [0.25, 0.3) is 0 Å². The number of carbonyl (C=O) groups excluding carboxylic acids is 1. The van der Waals surface area contributed by atoms with Gasteiger partial charge in [0, 0.05) is 0 Å². The summed E-state index contributed by atoms with van der Waals surface area (Å²) >= 11 is 0. The van der Waals surface area contributed by atoms with Crippen molar-refractivity contribution in [3.05, 3.63) is 48.6 Å². The van der Waals surface area contributed by atoms with Crippen LogP contribution in [0.3, 0.4) is 0 Å². The molecule has 3 heteroatoms. The number of benzene rings is 1. The Hall–Kier alpha value is -1.77. The zero-order valence-corrected chi connectivity index (χ0v) is 9.48. The molecule has 0 aliphatic carbocycles. The molecule has 1 amide bonds. The average molecular weight is 219 g/mol. The van der Waals surface area contributed by atoms with E-state index >= 15 is 0 Å². The second-order valence-electron chi connectivity index (χ2n) is 3.35. The van der Waals surface area contributed by atoms with Gasteiger partial charge in [-0.3, -0.25) is 0 Å². The molecule has 0 fully saturated rings. The van der Waals surface area contributed by atoms with E-state index in [4.69, 9.17) is 4.74 Å². The van der Waals surface area contributed by atoms with E-state index in [2.05, 4.69) is 11.9 Å². The first kappa shape index (κ1) is 12.3. The van der Waals surface area contributed by atoms with Gasteiger partial charge in [-0.15, -0.1) is 6.58 Å². The summed E-state index contributed by atoms with van der Waals surface area (Å²) < 4.78 is 4.86. The van der Waals surface area contributed by atoms with Gasteiger partial charge < -0.3 is 10.1 Å². The highest BCUT2D eigenvalue weighted by Crippen LogP contribution is 2.16. The van der Waals surface area contributed by atoms with Gasteiger partial charge in [-0.25, -0.2) is 4.79 Å². The quantitative estimate of drug-likeness (QED) is 0.773. The third-order valence-electron chi connectivity index (χ3n) is 2.17. The summed E-state index contributed by atoms with van der Waals surface area (Å²) in [5, 5.41) is 2.80. The summed E-state index contributed by atoms with van der Waals surface area (Å²) in [7, 11) is 0. The molecule has 0 bridgehead atoms. The lowest BCUT2D eigenvalue weighted by Crippen LogP contribution is -2.28. The molecule has 0 spiro atoms. The van der Waals surface area contributed by atoms with E-state index in [-0.39, 0.29) is 6.04 Å². The average Bonchev–Trinajstić information content (AvgIpc) is 2.30. The fourth-order valence-electron chi connectivity index (χ4n) is 1.45. The first-order valence-electron chi connectivity index (χ1n) is 5.37. The largest absolute Gasteiger partial charge is 0.450 e. The minimum atomic E-state index is -0.391. The Morgan fingerprint density at radius 1 is 1.50 bits per heavy atom. The molecule has 0 aromatic heterocycles. The van der Waals surface area contributed by atoms with E-state index in [1.165, 1.54) is 0 Å². The Morgan fingerprint density at radius 2 is 2.19 bits per heavy atom. The molecule has 1 rings (SSSR count). The highest BCUT2D eigenvalue weighted by Gasteiger charge is 2.12. The standard InChI is InChI=1S/C13H17NO2/c1-3-8-12(14-13(15)16-4-2)11-9-6-5-7-10-11/h3,5-7,9-10,12H,1,4,8H2,2H3,(H,14,15). The molecule has 1 atom stereocenters. The first-order valence-corrected chi connectivity index (χ1v) is 5.37. The monoisotopic (exact) mass is 219 g/mol. The Balaban J connectivity index is 2.68. The number of carbonyl (C=O) groups is 1. The van der Waals surface area contributed by atoms with Gasteiger partial charge in [-0.05, 0) is 18.9 Å². The van der Waals surface area contributed by atoms with Crippen LogP contribution in [0.15, 0.2) is 43.0 Å². The summed E-state index contributed by atoms with van der Waals surface area (Å²) in [6.07, 6.45) is 2.07. The molecule has 1 aromatic carbocycles. The van der Waals surface area contributed by atoms with Crippen LogP contribution in [-0.2, 0) is 4.74 Å². The van der Waals surface area contributed by atoms with Crippen LogP contribution in [0.4, 0.5) is 4.79 Å². The van der Waals surface area contributed by atoms with Crippen LogP contribution in [-0.4, -0.2) is 12.7 Å². The van der Waals surface area contributed by atoms with Gasteiger partial charge >= 0.3 is 6.09 Å². The molecule has 0 saturated heterocycles. The number of ether oxygens (including phenoxy) is 1. The molecular formula is C13H17NO2. The van der Waals surface area contributed by atoms with Gasteiger partial charge in [0.2, 0.25) is 0 Å². The van der Waals surface area contributed by atoms with E-state index in [1.807, 2.05) is 30.3 Å². The molecule has 1 aromatic rings. The van der Waals surface area contributed by atoms with Crippen LogP contribution >= 0.6 is 0 Å². The zero-order chi connectivity index (χ0) is 11.8. The summed E-state index contributed by atoms with van der Waals surface area (Å²) in [6, 6.07) is 9.70. The van der Waals surface area contributed by atoms with E-state index in [1.54, 1.807) is 13.0 Å². The molecule has 0 aliphatic heterocycles. The van der Waals surface area contributed by atoms with Crippen LogP contribution in [0.5, 0.6) is 0 Å². The fraction of sp³-hybridized carbons (Fsp3) is 0.308. The maximum atomic E-state index is 11.3. The van der Waals surface area contributed by atoms with Crippen LogP contribution in [0.2, 0.25) is 0 Å². The van der Waals surface area contributed by atoms with Gasteiger partial charge in [0.05, 0.1) is 12.6 Å². The SMILES string of the molecule is C=CCC(NC(=O)OCC)c1ccccc1. The van der Waals surface area contributed by atoms with Crippen molar-refractivity contribution in [1.82, 2.24) is 5.32 Å². The molecule has 0 radical (unpaired) electrons. The lowest BCUT2D eigenvalue weighted by atomic mass is 10.0. The number of hydrogen-bond donors (Lipinski definition) is 1. The van der Waals surface area contributed by atoms with Crippen LogP contribution in [0, 0.1) is 0 Å². The maximum absolute atomic E-state index is 11.3. The number of alkyl carbamates (subject to hydrolysis) is 1. The van der Waals surface area contributed by atoms with Crippen LogP contribution in [0.25, 0.3) is 0 Å². The van der Waals surface area contributed by atoms with Crippen molar-refractivity contribution >= 4 is 6.09 Å². The predicted molar refractivity (Wildman–Crippen MR) is 64.2 cm³/mol. The van der Waals surface area contributed by atoms with Crippen LogP contribution < -0.4 is 5.32 Å². The number of amides is 1. The number of rotatable bonds is 5. The van der Waals surface area contributed by atoms with Crippen molar-refractivity contribution in [1.29, 1.82) is 0 Å². The van der Waals surface area contributed by atoms with Gasteiger partial charge in [-0.2, -0.15) is 0 Å². The molecule has 0 saturated carbocycles. The van der Waals surface area contributed by atoms with Crippen molar-refractivity contribution in [2.24, 2.45) is 0 Å². The molecular weight excluding hydrogens is 202 g/mol. The molecule has 0 heterocycles. The lowest BCUT2D eigenvalue weighted by molar-refractivity contribution is 0.148. The van der Waals surface area contributed by atoms with Crippen molar-refractivity contribution in [3.8, 4) is 0 Å². The van der Waals surface area contributed by atoms with E-state index in [9.17, 15) is 4.79 Å². The minimum Gasteiger partial charge on any atom is -0.450 e.